The van der Waals surface area contributed by atoms with Crippen molar-refractivity contribution in [2.75, 3.05) is 0 Å². The van der Waals surface area contributed by atoms with Gasteiger partial charge in [-0.15, -0.1) is 11.3 Å². The molecule has 0 saturated heterocycles. The third kappa shape index (κ3) is 2.21. The van der Waals surface area contributed by atoms with Gasteiger partial charge < -0.3 is 11.1 Å². The van der Waals surface area contributed by atoms with Crippen LogP contribution in [0.25, 0.3) is 0 Å². The zero-order valence-electron chi connectivity index (χ0n) is 9.73. The Balaban J connectivity index is 2.04. The maximum absolute atomic E-state index is 12.2. The Hall–Kier alpha value is -0.940. The van der Waals surface area contributed by atoms with E-state index in [9.17, 15) is 4.79 Å². The molecule has 3 nitrogen and oxygen atoms in total. The normalized spacial score (nSPS) is 19.1. The predicted molar refractivity (Wildman–Crippen MR) is 73.9 cm³/mol. The van der Waals surface area contributed by atoms with Gasteiger partial charge in [0.25, 0.3) is 0 Å². The molecule has 0 spiro atoms. The topological polar surface area (TPSA) is 55.1 Å². The van der Waals surface area contributed by atoms with Crippen LogP contribution in [0.4, 0.5) is 0 Å². The van der Waals surface area contributed by atoms with E-state index in [0.717, 1.165) is 24.1 Å². The molecule has 92 valence electrons. The minimum absolute atomic E-state index is 0.0165. The van der Waals surface area contributed by atoms with E-state index in [1.54, 1.807) is 11.3 Å². The number of thiophene rings is 1. The van der Waals surface area contributed by atoms with Crippen molar-refractivity contribution in [1.82, 2.24) is 5.32 Å². The van der Waals surface area contributed by atoms with Crippen LogP contribution in [0.3, 0.4) is 0 Å². The summed E-state index contributed by atoms with van der Waals surface area (Å²) in [6.07, 6.45) is 2.59. The van der Waals surface area contributed by atoms with Crippen LogP contribution < -0.4 is 11.1 Å². The maximum atomic E-state index is 12.2. The highest BCUT2D eigenvalue weighted by Crippen LogP contribution is 2.42. The second-order valence-electron chi connectivity index (χ2n) is 4.51. The Labute approximate surface area is 110 Å². The molecule has 1 aromatic rings. The molecule has 17 heavy (non-hydrogen) atoms. The van der Waals surface area contributed by atoms with Crippen molar-refractivity contribution < 1.29 is 4.79 Å². The molecule has 1 unspecified atom stereocenters. The quantitative estimate of drug-likeness (QED) is 0.824. The van der Waals surface area contributed by atoms with Gasteiger partial charge in [-0.3, -0.25) is 4.79 Å². The van der Waals surface area contributed by atoms with E-state index in [0.29, 0.717) is 4.99 Å². The lowest BCUT2D eigenvalue weighted by Gasteiger charge is -2.39. The Bertz CT molecular complexity index is 424. The SMILES string of the molecule is CC(NC(=O)C1(C(N)=S)CCC1)c1cccs1. The van der Waals surface area contributed by atoms with Crippen LogP contribution in [0.2, 0.25) is 0 Å². The number of rotatable bonds is 4. The number of carbonyl (C=O) groups excluding carboxylic acids is 1. The van der Waals surface area contributed by atoms with Gasteiger partial charge in [-0.1, -0.05) is 24.7 Å². The highest BCUT2D eigenvalue weighted by atomic mass is 32.1. The predicted octanol–water partition coefficient (Wildman–Crippen LogP) is 2.38. The lowest BCUT2D eigenvalue weighted by Crippen LogP contribution is -2.53. The van der Waals surface area contributed by atoms with Crippen LogP contribution in [-0.2, 0) is 4.79 Å². The number of thiocarbonyl (C=S) groups is 1. The van der Waals surface area contributed by atoms with E-state index in [1.807, 2.05) is 24.4 Å². The molecule has 3 N–H and O–H groups in total. The summed E-state index contributed by atoms with van der Waals surface area (Å²) in [5.74, 6) is -0.0165. The third-order valence-electron chi connectivity index (χ3n) is 3.43. The summed E-state index contributed by atoms with van der Waals surface area (Å²) in [7, 11) is 0. The van der Waals surface area contributed by atoms with Crippen LogP contribution in [0.15, 0.2) is 17.5 Å². The summed E-state index contributed by atoms with van der Waals surface area (Å²) in [6, 6.07) is 4.02. The number of nitrogens with two attached hydrogens (primary N) is 1. The average Bonchev–Trinajstić information content (AvgIpc) is 2.66. The second-order valence-corrected chi connectivity index (χ2v) is 5.93. The molecular weight excluding hydrogens is 252 g/mol. The van der Waals surface area contributed by atoms with Gasteiger partial charge in [0.1, 0.15) is 0 Å². The minimum atomic E-state index is -0.582. The fraction of sp³-hybridized carbons (Fsp3) is 0.500. The third-order valence-corrected chi connectivity index (χ3v) is 4.88. The fourth-order valence-electron chi connectivity index (χ4n) is 2.06. The standard InChI is InChI=1S/C12H16N2OS2/c1-8(9-4-2-7-17-9)14-11(15)12(10(13)16)5-3-6-12/h2,4,7-8H,3,5-6H2,1H3,(H2,13,16)(H,14,15). The number of carbonyl (C=O) groups is 1. The van der Waals surface area contributed by atoms with Crippen LogP contribution >= 0.6 is 23.6 Å². The van der Waals surface area contributed by atoms with Crippen molar-refractivity contribution in [2.24, 2.45) is 11.1 Å². The molecule has 1 aromatic heterocycles. The van der Waals surface area contributed by atoms with Gasteiger partial charge in [0.05, 0.1) is 16.4 Å². The highest BCUT2D eigenvalue weighted by Gasteiger charge is 2.47. The molecule has 1 saturated carbocycles. The van der Waals surface area contributed by atoms with E-state index in [4.69, 9.17) is 18.0 Å². The van der Waals surface area contributed by atoms with Crippen LogP contribution in [0.5, 0.6) is 0 Å². The summed E-state index contributed by atoms with van der Waals surface area (Å²) >= 11 is 6.67. The Morgan fingerprint density at radius 3 is 2.76 bits per heavy atom. The Kier molecular flexibility index (Phi) is 3.49. The van der Waals surface area contributed by atoms with Crippen LogP contribution in [-0.4, -0.2) is 10.9 Å². The van der Waals surface area contributed by atoms with E-state index < -0.39 is 5.41 Å². The van der Waals surface area contributed by atoms with E-state index >= 15 is 0 Å². The molecule has 0 radical (unpaired) electrons. The molecular formula is C12H16N2OS2. The lowest BCUT2D eigenvalue weighted by atomic mass is 9.68. The van der Waals surface area contributed by atoms with Crippen molar-refractivity contribution in [3.63, 3.8) is 0 Å². The van der Waals surface area contributed by atoms with Gasteiger partial charge in [0.2, 0.25) is 5.91 Å². The number of amides is 1. The average molecular weight is 268 g/mol. The summed E-state index contributed by atoms with van der Waals surface area (Å²) in [5, 5.41) is 5.02. The van der Waals surface area contributed by atoms with Crippen molar-refractivity contribution in [1.29, 1.82) is 0 Å². The lowest BCUT2D eigenvalue weighted by molar-refractivity contribution is -0.131. The molecule has 5 heteroatoms. The molecule has 1 heterocycles. The summed E-state index contributed by atoms with van der Waals surface area (Å²) in [6.45, 7) is 1.98. The Morgan fingerprint density at radius 2 is 2.35 bits per heavy atom. The fourth-order valence-corrected chi connectivity index (χ4v) is 3.09. The number of hydrogen-bond donors (Lipinski definition) is 2. The number of hydrogen-bond acceptors (Lipinski definition) is 3. The smallest absolute Gasteiger partial charge is 0.233 e. The summed E-state index contributed by atoms with van der Waals surface area (Å²) < 4.78 is 0. The molecule has 0 bridgehead atoms. The van der Waals surface area contributed by atoms with Gasteiger partial charge in [0, 0.05) is 4.88 Å². The van der Waals surface area contributed by atoms with E-state index in [2.05, 4.69) is 5.32 Å². The molecule has 1 aliphatic rings. The minimum Gasteiger partial charge on any atom is -0.392 e. The zero-order chi connectivity index (χ0) is 12.5. The van der Waals surface area contributed by atoms with Crippen molar-refractivity contribution in [3.8, 4) is 0 Å². The second kappa shape index (κ2) is 4.74. The van der Waals surface area contributed by atoms with Gasteiger partial charge in [-0.05, 0) is 31.2 Å². The first-order chi connectivity index (χ1) is 8.06. The van der Waals surface area contributed by atoms with Gasteiger partial charge >= 0.3 is 0 Å². The van der Waals surface area contributed by atoms with Gasteiger partial charge in [-0.2, -0.15) is 0 Å². The largest absolute Gasteiger partial charge is 0.392 e. The molecule has 2 rings (SSSR count). The monoisotopic (exact) mass is 268 g/mol. The molecule has 1 atom stereocenters. The van der Waals surface area contributed by atoms with E-state index in [1.165, 1.54) is 0 Å². The highest BCUT2D eigenvalue weighted by molar-refractivity contribution is 7.80. The molecule has 0 aromatic carbocycles. The van der Waals surface area contributed by atoms with E-state index in [-0.39, 0.29) is 11.9 Å². The Morgan fingerprint density at radius 1 is 1.65 bits per heavy atom. The maximum Gasteiger partial charge on any atom is 0.233 e. The number of nitrogens with one attached hydrogen (secondary N) is 1. The molecule has 1 fully saturated rings. The summed E-state index contributed by atoms with van der Waals surface area (Å²) in [4.78, 5) is 13.7. The van der Waals surface area contributed by atoms with Crippen molar-refractivity contribution >= 4 is 34.5 Å². The van der Waals surface area contributed by atoms with Gasteiger partial charge in [0.15, 0.2) is 0 Å². The first-order valence-corrected chi connectivity index (χ1v) is 6.99. The molecule has 0 aliphatic heterocycles. The van der Waals surface area contributed by atoms with Crippen molar-refractivity contribution in [3.05, 3.63) is 22.4 Å². The van der Waals surface area contributed by atoms with Crippen LogP contribution in [0, 0.1) is 5.41 Å². The first kappa shape index (κ1) is 12.5. The van der Waals surface area contributed by atoms with Crippen molar-refractivity contribution in [2.45, 2.75) is 32.2 Å². The summed E-state index contributed by atoms with van der Waals surface area (Å²) in [5.41, 5.74) is 5.12. The first-order valence-electron chi connectivity index (χ1n) is 5.70. The molecule has 1 aliphatic carbocycles. The van der Waals surface area contributed by atoms with Crippen LogP contribution in [0.1, 0.15) is 37.1 Å². The zero-order valence-corrected chi connectivity index (χ0v) is 11.4. The molecule has 1 amide bonds. The van der Waals surface area contributed by atoms with Gasteiger partial charge in [-0.25, -0.2) is 0 Å².